The minimum atomic E-state index is -0.447. The van der Waals surface area contributed by atoms with E-state index in [2.05, 4.69) is 26.1 Å². The average Bonchev–Trinajstić information content (AvgIpc) is 3.06. The molecule has 0 N–H and O–H groups in total. The first-order valence-electron chi connectivity index (χ1n) is 6.67. The minimum Gasteiger partial charge on any atom is -0.334 e. The summed E-state index contributed by atoms with van der Waals surface area (Å²) in [5.74, 6) is 1.06. The lowest BCUT2D eigenvalue weighted by Crippen LogP contribution is -2.27. The first-order chi connectivity index (χ1) is 10.1. The molecule has 0 aliphatic carbocycles. The molecule has 21 heavy (non-hydrogen) atoms. The SMILES string of the molecule is CN(Cc1nnc2n1CCC2)C(=O)c1ccc(Br)c(F)c1. The van der Waals surface area contributed by atoms with Crippen LogP contribution in [0, 0.1) is 5.82 Å². The smallest absolute Gasteiger partial charge is 0.254 e. The second-order valence-electron chi connectivity index (χ2n) is 5.08. The number of hydrogen-bond donors (Lipinski definition) is 0. The van der Waals surface area contributed by atoms with Crippen molar-refractivity contribution < 1.29 is 9.18 Å². The van der Waals surface area contributed by atoms with E-state index in [0.29, 0.717) is 16.6 Å². The van der Waals surface area contributed by atoms with Gasteiger partial charge in [0.25, 0.3) is 5.91 Å². The Balaban J connectivity index is 1.76. The van der Waals surface area contributed by atoms with Gasteiger partial charge in [-0.2, -0.15) is 0 Å². The fraction of sp³-hybridized carbons (Fsp3) is 0.357. The molecule has 3 rings (SSSR count). The molecule has 1 aromatic heterocycles. The van der Waals surface area contributed by atoms with E-state index in [1.54, 1.807) is 13.1 Å². The van der Waals surface area contributed by atoms with Crippen molar-refractivity contribution in [2.45, 2.75) is 25.9 Å². The maximum Gasteiger partial charge on any atom is 0.254 e. The molecule has 0 saturated carbocycles. The summed E-state index contributed by atoms with van der Waals surface area (Å²) in [5, 5.41) is 8.24. The van der Waals surface area contributed by atoms with E-state index in [1.165, 1.54) is 17.0 Å². The Morgan fingerprint density at radius 2 is 2.29 bits per heavy atom. The molecule has 1 aliphatic rings. The van der Waals surface area contributed by atoms with E-state index in [0.717, 1.165) is 31.0 Å². The molecule has 5 nitrogen and oxygen atoms in total. The van der Waals surface area contributed by atoms with Crippen LogP contribution in [0.3, 0.4) is 0 Å². The highest BCUT2D eigenvalue weighted by molar-refractivity contribution is 9.10. The van der Waals surface area contributed by atoms with Gasteiger partial charge in [-0.3, -0.25) is 4.79 Å². The van der Waals surface area contributed by atoms with Gasteiger partial charge in [-0.25, -0.2) is 4.39 Å². The lowest BCUT2D eigenvalue weighted by Gasteiger charge is -2.17. The fourth-order valence-electron chi connectivity index (χ4n) is 2.46. The number of carbonyl (C=O) groups is 1. The van der Waals surface area contributed by atoms with E-state index in [4.69, 9.17) is 0 Å². The van der Waals surface area contributed by atoms with Crippen LogP contribution in [0.2, 0.25) is 0 Å². The number of fused-ring (bicyclic) bond motifs is 1. The van der Waals surface area contributed by atoms with Gasteiger partial charge in [0.1, 0.15) is 11.6 Å². The van der Waals surface area contributed by atoms with Gasteiger partial charge in [0.15, 0.2) is 5.82 Å². The molecule has 110 valence electrons. The van der Waals surface area contributed by atoms with Crippen LogP contribution in [0.25, 0.3) is 0 Å². The Morgan fingerprint density at radius 3 is 3.05 bits per heavy atom. The summed E-state index contributed by atoms with van der Waals surface area (Å²) in [4.78, 5) is 13.8. The van der Waals surface area contributed by atoms with Gasteiger partial charge in [0.2, 0.25) is 0 Å². The van der Waals surface area contributed by atoms with E-state index in [9.17, 15) is 9.18 Å². The highest BCUT2D eigenvalue weighted by atomic mass is 79.9. The second-order valence-corrected chi connectivity index (χ2v) is 5.93. The zero-order valence-electron chi connectivity index (χ0n) is 11.5. The fourth-order valence-corrected chi connectivity index (χ4v) is 2.71. The van der Waals surface area contributed by atoms with Crippen LogP contribution in [0.15, 0.2) is 22.7 Å². The third-order valence-electron chi connectivity index (χ3n) is 3.58. The predicted octanol–water partition coefficient (Wildman–Crippen LogP) is 2.40. The van der Waals surface area contributed by atoms with Crippen LogP contribution in [0.4, 0.5) is 4.39 Å². The van der Waals surface area contributed by atoms with Crippen LogP contribution < -0.4 is 0 Å². The number of aryl methyl sites for hydroxylation is 1. The summed E-state index contributed by atoms with van der Waals surface area (Å²) in [5.41, 5.74) is 0.319. The summed E-state index contributed by atoms with van der Waals surface area (Å²) in [7, 11) is 1.68. The van der Waals surface area contributed by atoms with Crippen LogP contribution in [-0.2, 0) is 19.5 Å². The zero-order chi connectivity index (χ0) is 15.0. The second kappa shape index (κ2) is 5.55. The van der Waals surface area contributed by atoms with Crippen LogP contribution in [-0.4, -0.2) is 32.6 Å². The molecule has 0 atom stereocenters. The monoisotopic (exact) mass is 352 g/mol. The van der Waals surface area contributed by atoms with Gasteiger partial charge in [-0.15, -0.1) is 10.2 Å². The first kappa shape index (κ1) is 14.2. The van der Waals surface area contributed by atoms with Crippen molar-refractivity contribution in [1.82, 2.24) is 19.7 Å². The molecule has 0 spiro atoms. The number of benzene rings is 1. The number of hydrogen-bond acceptors (Lipinski definition) is 3. The van der Waals surface area contributed by atoms with Crippen molar-refractivity contribution in [2.24, 2.45) is 0 Å². The third kappa shape index (κ3) is 2.70. The molecular formula is C14H14BrFN4O. The molecule has 0 fully saturated rings. The van der Waals surface area contributed by atoms with Gasteiger partial charge in [-0.1, -0.05) is 0 Å². The summed E-state index contributed by atoms with van der Waals surface area (Å²) in [6, 6.07) is 4.36. The third-order valence-corrected chi connectivity index (χ3v) is 4.22. The number of nitrogens with zero attached hydrogens (tertiary/aromatic N) is 4. The van der Waals surface area contributed by atoms with Gasteiger partial charge in [0, 0.05) is 25.6 Å². The number of rotatable bonds is 3. The Morgan fingerprint density at radius 1 is 1.48 bits per heavy atom. The van der Waals surface area contributed by atoms with Gasteiger partial charge >= 0.3 is 0 Å². The Kier molecular flexibility index (Phi) is 3.75. The highest BCUT2D eigenvalue weighted by Crippen LogP contribution is 2.19. The van der Waals surface area contributed by atoms with Crippen LogP contribution in [0.1, 0.15) is 28.4 Å². The molecule has 2 heterocycles. The zero-order valence-corrected chi connectivity index (χ0v) is 13.1. The lowest BCUT2D eigenvalue weighted by atomic mass is 10.2. The van der Waals surface area contributed by atoms with Crippen LogP contribution in [0.5, 0.6) is 0 Å². The van der Waals surface area contributed by atoms with Gasteiger partial charge in [-0.05, 0) is 40.5 Å². The molecule has 1 aromatic carbocycles. The summed E-state index contributed by atoms with van der Waals surface area (Å²) in [6.07, 6.45) is 2.00. The number of aromatic nitrogens is 3. The molecule has 0 unspecified atom stereocenters. The lowest BCUT2D eigenvalue weighted by molar-refractivity contribution is 0.0779. The van der Waals surface area contributed by atoms with Crippen molar-refractivity contribution in [3.8, 4) is 0 Å². The number of amides is 1. The molecule has 0 radical (unpaired) electrons. The maximum atomic E-state index is 13.5. The van der Waals surface area contributed by atoms with E-state index in [-0.39, 0.29) is 5.91 Å². The first-order valence-corrected chi connectivity index (χ1v) is 7.47. The largest absolute Gasteiger partial charge is 0.334 e. The molecular weight excluding hydrogens is 339 g/mol. The summed E-state index contributed by atoms with van der Waals surface area (Å²) >= 11 is 3.08. The molecule has 7 heteroatoms. The Bertz CT molecular complexity index is 700. The number of halogens is 2. The normalized spacial score (nSPS) is 13.3. The van der Waals surface area contributed by atoms with Crippen molar-refractivity contribution in [3.05, 3.63) is 45.7 Å². The summed E-state index contributed by atoms with van der Waals surface area (Å²) in [6.45, 7) is 1.26. The molecule has 1 amide bonds. The number of carbonyl (C=O) groups excluding carboxylic acids is 1. The van der Waals surface area contributed by atoms with Crippen molar-refractivity contribution in [1.29, 1.82) is 0 Å². The maximum absolute atomic E-state index is 13.5. The summed E-state index contributed by atoms with van der Waals surface area (Å²) < 4.78 is 15.9. The van der Waals surface area contributed by atoms with Gasteiger partial charge < -0.3 is 9.47 Å². The molecule has 1 aliphatic heterocycles. The average molecular weight is 353 g/mol. The minimum absolute atomic E-state index is 0.239. The molecule has 0 bridgehead atoms. The molecule has 0 saturated heterocycles. The van der Waals surface area contributed by atoms with Gasteiger partial charge in [0.05, 0.1) is 11.0 Å². The Labute approximate surface area is 129 Å². The van der Waals surface area contributed by atoms with E-state index >= 15 is 0 Å². The Hall–Kier alpha value is -1.76. The predicted molar refractivity (Wildman–Crippen MR) is 78.2 cm³/mol. The van der Waals surface area contributed by atoms with E-state index in [1.807, 2.05) is 4.57 Å². The quantitative estimate of drug-likeness (QED) is 0.852. The topological polar surface area (TPSA) is 51.0 Å². The van der Waals surface area contributed by atoms with Crippen molar-refractivity contribution in [3.63, 3.8) is 0 Å². The van der Waals surface area contributed by atoms with E-state index < -0.39 is 5.82 Å². The van der Waals surface area contributed by atoms with Crippen LogP contribution >= 0.6 is 15.9 Å². The van der Waals surface area contributed by atoms with Crippen molar-refractivity contribution >= 4 is 21.8 Å². The highest BCUT2D eigenvalue weighted by Gasteiger charge is 2.20. The molecule has 2 aromatic rings. The standard InChI is InChI=1S/C14H14BrFN4O/c1-19(8-13-18-17-12-3-2-6-20(12)13)14(21)9-4-5-10(15)11(16)7-9/h4-5,7H,2-3,6,8H2,1H3. The van der Waals surface area contributed by atoms with Crippen molar-refractivity contribution in [2.75, 3.05) is 7.05 Å².